The third-order valence-corrected chi connectivity index (χ3v) is 6.18. The van der Waals surface area contributed by atoms with Crippen molar-refractivity contribution in [2.45, 2.75) is 42.5 Å². The van der Waals surface area contributed by atoms with Crippen LogP contribution in [-0.2, 0) is 0 Å². The number of hydrogen-bond acceptors (Lipinski definition) is 3. The number of aromatic amines is 1. The van der Waals surface area contributed by atoms with Gasteiger partial charge in [0.1, 0.15) is 16.4 Å². The SMILES string of the molecule is O=C(NC(c1ccc(S(F)(F)(F)(F)F)cc1)C1CC1)c1cc(=O)[nH]c(C2CC2)n1. The second-order valence-electron chi connectivity index (χ2n) is 7.62. The molecule has 0 aliphatic heterocycles. The molecule has 1 heterocycles. The molecule has 2 aliphatic carbocycles. The van der Waals surface area contributed by atoms with E-state index in [2.05, 4.69) is 15.3 Å². The molecular weight excluding hydrogens is 417 g/mol. The van der Waals surface area contributed by atoms with E-state index in [1.54, 1.807) is 0 Å². The van der Waals surface area contributed by atoms with Gasteiger partial charge in [0.2, 0.25) is 0 Å². The number of carbonyl (C=O) groups is 1. The first kappa shape index (κ1) is 19.9. The molecule has 2 saturated carbocycles. The van der Waals surface area contributed by atoms with Crippen molar-refractivity contribution in [2.24, 2.45) is 5.92 Å². The predicted molar refractivity (Wildman–Crippen MR) is 97.6 cm³/mol. The van der Waals surface area contributed by atoms with Gasteiger partial charge < -0.3 is 10.3 Å². The summed E-state index contributed by atoms with van der Waals surface area (Å²) in [5.41, 5.74) is -0.251. The van der Waals surface area contributed by atoms with Crippen molar-refractivity contribution in [3.8, 4) is 0 Å². The van der Waals surface area contributed by atoms with Crippen LogP contribution in [0.4, 0.5) is 19.4 Å². The Morgan fingerprint density at radius 1 is 1.07 bits per heavy atom. The first-order chi connectivity index (χ1) is 13.3. The molecule has 0 spiro atoms. The number of nitrogens with zero attached hydrogens (tertiary/aromatic N) is 1. The van der Waals surface area contributed by atoms with Crippen LogP contribution < -0.4 is 10.9 Å². The Morgan fingerprint density at radius 2 is 1.69 bits per heavy atom. The lowest BCUT2D eigenvalue weighted by Gasteiger charge is -2.40. The molecule has 0 radical (unpaired) electrons. The van der Waals surface area contributed by atoms with Gasteiger partial charge in [0.25, 0.3) is 11.5 Å². The van der Waals surface area contributed by atoms with E-state index in [0.29, 0.717) is 23.5 Å². The van der Waals surface area contributed by atoms with E-state index in [9.17, 15) is 29.0 Å². The largest absolute Gasteiger partial charge is 0.344 e. The number of amides is 1. The molecule has 2 fully saturated rings. The van der Waals surface area contributed by atoms with Crippen molar-refractivity contribution in [3.63, 3.8) is 0 Å². The predicted octanol–water partition coefficient (Wildman–Crippen LogP) is 5.19. The molecule has 0 saturated heterocycles. The van der Waals surface area contributed by atoms with E-state index in [1.807, 2.05) is 0 Å². The fourth-order valence-electron chi connectivity index (χ4n) is 3.19. The van der Waals surface area contributed by atoms with Crippen LogP contribution in [0.15, 0.2) is 40.0 Å². The summed E-state index contributed by atoms with van der Waals surface area (Å²) in [4.78, 5) is 29.2. The van der Waals surface area contributed by atoms with Crippen molar-refractivity contribution < 1.29 is 24.2 Å². The Kier molecular flexibility index (Phi) is 3.98. The first-order valence-electron chi connectivity index (χ1n) is 9.06. The highest BCUT2D eigenvalue weighted by molar-refractivity contribution is 8.45. The van der Waals surface area contributed by atoms with Crippen molar-refractivity contribution in [3.05, 3.63) is 57.8 Å². The van der Waals surface area contributed by atoms with Crippen LogP contribution in [0.1, 0.15) is 59.5 Å². The van der Waals surface area contributed by atoms with Gasteiger partial charge in [-0.15, -0.1) is 0 Å². The van der Waals surface area contributed by atoms with Crippen molar-refractivity contribution in [1.82, 2.24) is 15.3 Å². The van der Waals surface area contributed by atoms with Gasteiger partial charge in [-0.05, 0) is 49.3 Å². The van der Waals surface area contributed by atoms with Gasteiger partial charge >= 0.3 is 10.2 Å². The average molecular weight is 435 g/mol. The quantitative estimate of drug-likeness (QED) is 0.614. The normalized spacial score (nSPS) is 20.4. The first-order valence-corrected chi connectivity index (χ1v) is 11.0. The second-order valence-corrected chi connectivity index (χ2v) is 10.0. The summed E-state index contributed by atoms with van der Waals surface area (Å²) in [6.07, 6.45) is 3.23. The molecule has 2 aromatic rings. The molecule has 29 heavy (non-hydrogen) atoms. The van der Waals surface area contributed by atoms with Crippen LogP contribution in [-0.4, -0.2) is 15.9 Å². The smallest absolute Gasteiger partial charge is 0.310 e. The third kappa shape index (κ3) is 4.60. The van der Waals surface area contributed by atoms with Gasteiger partial charge in [0.05, 0.1) is 6.04 Å². The lowest BCUT2D eigenvalue weighted by Crippen LogP contribution is -2.32. The van der Waals surface area contributed by atoms with E-state index in [-0.39, 0.29) is 17.5 Å². The highest BCUT2D eigenvalue weighted by Crippen LogP contribution is 3.02. The molecule has 0 bridgehead atoms. The number of halogens is 5. The number of rotatable bonds is 6. The Bertz CT molecular complexity index is 1030. The van der Waals surface area contributed by atoms with Gasteiger partial charge in [-0.2, -0.15) is 0 Å². The minimum atomic E-state index is -9.75. The number of aromatic nitrogens is 2. The van der Waals surface area contributed by atoms with Gasteiger partial charge in [0, 0.05) is 12.0 Å². The van der Waals surface area contributed by atoms with Crippen molar-refractivity contribution in [2.75, 3.05) is 0 Å². The van der Waals surface area contributed by atoms with E-state index in [0.717, 1.165) is 43.9 Å². The van der Waals surface area contributed by atoms with Crippen molar-refractivity contribution in [1.29, 1.82) is 0 Å². The minimum absolute atomic E-state index is 0.0188. The highest BCUT2D eigenvalue weighted by atomic mass is 32.5. The number of nitrogens with one attached hydrogen (secondary N) is 2. The van der Waals surface area contributed by atoms with Crippen LogP contribution in [0.2, 0.25) is 0 Å². The molecule has 1 atom stereocenters. The zero-order valence-corrected chi connectivity index (χ0v) is 15.8. The summed E-state index contributed by atoms with van der Waals surface area (Å²) in [6.45, 7) is 0. The standard InChI is InChI=1S/C18H18F5N3O2S/c19-29(20,21,22,23)13-7-5-11(6-8-13)16(10-1-2-10)26-18(28)14-9-15(27)25-17(24-14)12-3-4-12/h5-10,12,16H,1-4H2,(H,26,28)(H,24,25,27). The lowest BCUT2D eigenvalue weighted by molar-refractivity contribution is 0.0925. The zero-order chi connectivity index (χ0) is 21.1. The number of H-pyrrole nitrogens is 1. The number of carbonyl (C=O) groups excluding carboxylic acids is 1. The molecule has 1 aromatic heterocycles. The minimum Gasteiger partial charge on any atom is -0.344 e. The summed E-state index contributed by atoms with van der Waals surface area (Å²) in [7, 11) is -9.75. The Morgan fingerprint density at radius 3 is 2.21 bits per heavy atom. The molecule has 158 valence electrons. The van der Waals surface area contributed by atoms with Crippen LogP contribution in [0.3, 0.4) is 0 Å². The van der Waals surface area contributed by atoms with Gasteiger partial charge in [-0.3, -0.25) is 9.59 Å². The van der Waals surface area contributed by atoms with Crippen molar-refractivity contribution >= 4 is 16.1 Å². The molecule has 11 heteroatoms. The maximum atomic E-state index is 12.9. The average Bonchev–Trinajstić information content (AvgIpc) is 3.50. The van der Waals surface area contributed by atoms with Gasteiger partial charge in [-0.25, -0.2) is 4.98 Å². The lowest BCUT2D eigenvalue weighted by atomic mass is 10.0. The van der Waals surface area contributed by atoms with Crippen LogP contribution >= 0.6 is 10.2 Å². The molecule has 4 rings (SSSR count). The van der Waals surface area contributed by atoms with Crippen LogP contribution in [0.5, 0.6) is 0 Å². The second kappa shape index (κ2) is 5.80. The Balaban J connectivity index is 1.58. The Labute approximate surface area is 162 Å². The highest BCUT2D eigenvalue weighted by Gasteiger charge is 2.65. The van der Waals surface area contributed by atoms with E-state index in [1.165, 1.54) is 0 Å². The molecule has 2 aliphatic rings. The summed E-state index contributed by atoms with van der Waals surface area (Å²) in [5.74, 6) is -0.0959. The number of hydrogen-bond donors (Lipinski definition) is 2. The molecule has 1 unspecified atom stereocenters. The molecule has 5 nitrogen and oxygen atoms in total. The molecular formula is C18H18F5N3O2S. The van der Waals surface area contributed by atoms with Crippen LogP contribution in [0.25, 0.3) is 0 Å². The monoisotopic (exact) mass is 435 g/mol. The van der Waals surface area contributed by atoms with Gasteiger partial charge in [-0.1, -0.05) is 31.6 Å². The molecule has 1 amide bonds. The van der Waals surface area contributed by atoms with E-state index in [4.69, 9.17) is 0 Å². The Hall–Kier alpha value is -2.43. The maximum absolute atomic E-state index is 12.9. The summed E-state index contributed by atoms with van der Waals surface area (Å²) in [5, 5.41) is 2.69. The zero-order valence-electron chi connectivity index (χ0n) is 15.0. The fourth-order valence-corrected chi connectivity index (χ4v) is 3.84. The third-order valence-electron chi connectivity index (χ3n) is 5.02. The topological polar surface area (TPSA) is 74.8 Å². The molecule has 2 N–H and O–H groups in total. The van der Waals surface area contributed by atoms with Gasteiger partial charge in [0.15, 0.2) is 0 Å². The number of benzene rings is 1. The maximum Gasteiger partial charge on any atom is 0.310 e. The van der Waals surface area contributed by atoms with E-state index < -0.39 is 32.6 Å². The summed E-state index contributed by atoms with van der Waals surface area (Å²) in [6, 6.07) is 3.00. The molecule has 1 aromatic carbocycles. The van der Waals surface area contributed by atoms with E-state index >= 15 is 0 Å². The fraction of sp³-hybridized carbons (Fsp3) is 0.389. The van der Waals surface area contributed by atoms with Crippen LogP contribution in [0, 0.1) is 5.92 Å². The summed E-state index contributed by atoms with van der Waals surface area (Å²) < 4.78 is 64.6. The summed E-state index contributed by atoms with van der Waals surface area (Å²) >= 11 is 0.